The summed E-state index contributed by atoms with van der Waals surface area (Å²) >= 11 is 0. The Balaban J connectivity index is 1.48. The summed E-state index contributed by atoms with van der Waals surface area (Å²) in [6.07, 6.45) is 7.27. The van der Waals surface area contributed by atoms with Gasteiger partial charge in [-0.25, -0.2) is 9.97 Å². The maximum atomic E-state index is 12.8. The SMILES string of the molecule is CCCC(=O)N1CCCCC1C(=O)Nc1ccc(-n2cnc3ccccc32)nc1. The van der Waals surface area contributed by atoms with Crippen LogP contribution in [0.2, 0.25) is 0 Å². The highest BCUT2D eigenvalue weighted by Gasteiger charge is 2.31. The van der Waals surface area contributed by atoms with Gasteiger partial charge in [0.05, 0.1) is 22.9 Å². The van der Waals surface area contributed by atoms with E-state index in [1.54, 1.807) is 17.4 Å². The average molecular weight is 391 g/mol. The van der Waals surface area contributed by atoms with E-state index in [-0.39, 0.29) is 11.8 Å². The first-order chi connectivity index (χ1) is 14.2. The number of anilines is 1. The molecule has 2 aromatic heterocycles. The number of likely N-dealkylation sites (tertiary alicyclic amines) is 1. The molecule has 1 aromatic carbocycles. The number of para-hydroxylation sites is 2. The molecule has 7 heteroatoms. The van der Waals surface area contributed by atoms with Crippen LogP contribution in [0, 0.1) is 0 Å². The second-order valence-electron chi connectivity index (χ2n) is 7.35. The summed E-state index contributed by atoms with van der Waals surface area (Å²) in [5.74, 6) is 0.652. The number of nitrogens with zero attached hydrogens (tertiary/aromatic N) is 4. The highest BCUT2D eigenvalue weighted by atomic mass is 16.2. The Morgan fingerprint density at radius 1 is 1.14 bits per heavy atom. The van der Waals surface area contributed by atoms with Gasteiger partial charge in [0.1, 0.15) is 18.2 Å². The molecule has 0 aliphatic carbocycles. The van der Waals surface area contributed by atoms with Gasteiger partial charge in [0, 0.05) is 13.0 Å². The zero-order valence-electron chi connectivity index (χ0n) is 16.5. The van der Waals surface area contributed by atoms with Gasteiger partial charge in [-0.15, -0.1) is 0 Å². The number of pyridine rings is 1. The largest absolute Gasteiger partial charge is 0.331 e. The number of aromatic nitrogens is 3. The predicted molar refractivity (Wildman–Crippen MR) is 112 cm³/mol. The summed E-state index contributed by atoms with van der Waals surface area (Å²) in [7, 11) is 0. The van der Waals surface area contributed by atoms with Crippen LogP contribution in [0.4, 0.5) is 5.69 Å². The minimum Gasteiger partial charge on any atom is -0.331 e. The van der Waals surface area contributed by atoms with E-state index in [0.717, 1.165) is 36.1 Å². The number of amides is 2. The van der Waals surface area contributed by atoms with Crippen LogP contribution in [0.1, 0.15) is 39.0 Å². The maximum Gasteiger partial charge on any atom is 0.247 e. The summed E-state index contributed by atoms with van der Waals surface area (Å²) in [6.45, 7) is 2.63. The normalized spacial score (nSPS) is 16.7. The first-order valence-electron chi connectivity index (χ1n) is 10.2. The van der Waals surface area contributed by atoms with Gasteiger partial charge >= 0.3 is 0 Å². The number of hydrogen-bond donors (Lipinski definition) is 1. The van der Waals surface area contributed by atoms with Crippen LogP contribution in [-0.2, 0) is 9.59 Å². The molecule has 1 saturated heterocycles. The number of fused-ring (bicyclic) bond motifs is 1. The molecule has 1 aliphatic heterocycles. The molecule has 2 amide bonds. The smallest absolute Gasteiger partial charge is 0.247 e. The molecule has 1 aliphatic rings. The Hall–Kier alpha value is -3.22. The van der Waals surface area contributed by atoms with E-state index < -0.39 is 6.04 Å². The molecule has 3 heterocycles. The van der Waals surface area contributed by atoms with Crippen molar-refractivity contribution >= 4 is 28.5 Å². The molecule has 3 aromatic rings. The summed E-state index contributed by atoms with van der Waals surface area (Å²) in [5.41, 5.74) is 2.50. The lowest BCUT2D eigenvalue weighted by Gasteiger charge is -2.34. The predicted octanol–water partition coefficient (Wildman–Crippen LogP) is 3.54. The Labute approximate surface area is 169 Å². The fraction of sp³-hybridized carbons (Fsp3) is 0.364. The number of imidazole rings is 1. The molecule has 1 N–H and O–H groups in total. The van der Waals surface area contributed by atoms with Crippen molar-refractivity contribution in [2.45, 2.75) is 45.1 Å². The van der Waals surface area contributed by atoms with Crippen molar-refractivity contribution < 1.29 is 9.59 Å². The van der Waals surface area contributed by atoms with E-state index in [1.807, 2.05) is 47.9 Å². The molecule has 0 saturated carbocycles. The highest BCUT2D eigenvalue weighted by Crippen LogP contribution is 2.21. The molecule has 29 heavy (non-hydrogen) atoms. The Kier molecular flexibility index (Phi) is 5.55. The third-order valence-electron chi connectivity index (χ3n) is 5.31. The van der Waals surface area contributed by atoms with Gasteiger partial charge in [-0.2, -0.15) is 0 Å². The monoisotopic (exact) mass is 391 g/mol. The van der Waals surface area contributed by atoms with E-state index in [1.165, 1.54) is 0 Å². The minimum atomic E-state index is -0.403. The zero-order chi connectivity index (χ0) is 20.2. The van der Waals surface area contributed by atoms with Crippen molar-refractivity contribution in [3.05, 3.63) is 48.9 Å². The Morgan fingerprint density at radius 2 is 2.00 bits per heavy atom. The van der Waals surface area contributed by atoms with Crippen molar-refractivity contribution in [2.75, 3.05) is 11.9 Å². The van der Waals surface area contributed by atoms with Crippen LogP contribution < -0.4 is 5.32 Å². The Bertz CT molecular complexity index is 1010. The van der Waals surface area contributed by atoms with E-state index in [9.17, 15) is 9.59 Å². The first-order valence-corrected chi connectivity index (χ1v) is 10.2. The molecule has 1 atom stereocenters. The molecule has 4 rings (SSSR count). The average Bonchev–Trinajstić information content (AvgIpc) is 3.19. The van der Waals surface area contributed by atoms with Gasteiger partial charge in [-0.05, 0) is 49.9 Å². The third kappa shape index (κ3) is 3.99. The zero-order valence-corrected chi connectivity index (χ0v) is 16.5. The number of hydrogen-bond acceptors (Lipinski definition) is 4. The quantitative estimate of drug-likeness (QED) is 0.721. The van der Waals surface area contributed by atoms with Gasteiger partial charge < -0.3 is 10.2 Å². The number of benzene rings is 1. The van der Waals surface area contributed by atoms with Crippen LogP contribution in [-0.4, -0.2) is 43.8 Å². The molecular formula is C22H25N5O2. The summed E-state index contributed by atoms with van der Waals surface area (Å²) in [4.78, 5) is 35.8. The topological polar surface area (TPSA) is 80.1 Å². The second-order valence-corrected chi connectivity index (χ2v) is 7.35. The molecule has 0 spiro atoms. The van der Waals surface area contributed by atoms with Crippen molar-refractivity contribution in [3.8, 4) is 5.82 Å². The van der Waals surface area contributed by atoms with E-state index in [4.69, 9.17) is 0 Å². The molecule has 1 unspecified atom stereocenters. The molecule has 7 nitrogen and oxygen atoms in total. The minimum absolute atomic E-state index is 0.0628. The van der Waals surface area contributed by atoms with Crippen LogP contribution in [0.3, 0.4) is 0 Å². The van der Waals surface area contributed by atoms with Crippen LogP contribution in [0.5, 0.6) is 0 Å². The Morgan fingerprint density at radius 3 is 2.79 bits per heavy atom. The fourth-order valence-electron chi connectivity index (χ4n) is 3.83. The van der Waals surface area contributed by atoms with E-state index in [0.29, 0.717) is 25.1 Å². The first kappa shape index (κ1) is 19.1. The number of rotatable bonds is 5. The van der Waals surface area contributed by atoms with Crippen molar-refractivity contribution in [3.63, 3.8) is 0 Å². The van der Waals surface area contributed by atoms with E-state index >= 15 is 0 Å². The van der Waals surface area contributed by atoms with Gasteiger partial charge in [-0.1, -0.05) is 19.1 Å². The standard InChI is InChI=1S/C22H25N5O2/c1-2-7-21(28)26-13-6-5-10-19(26)22(29)25-16-11-12-20(23-14-16)27-15-24-17-8-3-4-9-18(17)27/h3-4,8-9,11-12,14-15,19H,2,5-7,10,13H2,1H3,(H,25,29). The van der Waals surface area contributed by atoms with E-state index in [2.05, 4.69) is 15.3 Å². The van der Waals surface area contributed by atoms with Crippen LogP contribution in [0.25, 0.3) is 16.9 Å². The number of piperidine rings is 1. The van der Waals surface area contributed by atoms with Gasteiger partial charge in [0.25, 0.3) is 0 Å². The van der Waals surface area contributed by atoms with Gasteiger partial charge in [0.15, 0.2) is 0 Å². The lowest BCUT2D eigenvalue weighted by Crippen LogP contribution is -2.49. The number of carbonyl (C=O) groups is 2. The lowest BCUT2D eigenvalue weighted by atomic mass is 10.0. The van der Waals surface area contributed by atoms with Gasteiger partial charge in [0.2, 0.25) is 11.8 Å². The van der Waals surface area contributed by atoms with Crippen LogP contribution in [0.15, 0.2) is 48.9 Å². The van der Waals surface area contributed by atoms with Crippen molar-refractivity contribution in [1.82, 2.24) is 19.4 Å². The summed E-state index contributed by atoms with van der Waals surface area (Å²) in [6, 6.07) is 11.1. The molecule has 1 fully saturated rings. The number of nitrogens with one attached hydrogen (secondary N) is 1. The lowest BCUT2D eigenvalue weighted by molar-refractivity contribution is -0.140. The van der Waals surface area contributed by atoms with Crippen LogP contribution >= 0.6 is 0 Å². The van der Waals surface area contributed by atoms with Gasteiger partial charge in [-0.3, -0.25) is 14.2 Å². The molecule has 150 valence electrons. The highest BCUT2D eigenvalue weighted by molar-refractivity contribution is 5.97. The third-order valence-corrected chi connectivity index (χ3v) is 5.31. The molecular weight excluding hydrogens is 366 g/mol. The molecule has 0 bridgehead atoms. The molecule has 0 radical (unpaired) electrons. The van der Waals surface area contributed by atoms with Crippen molar-refractivity contribution in [1.29, 1.82) is 0 Å². The van der Waals surface area contributed by atoms with Crippen molar-refractivity contribution in [2.24, 2.45) is 0 Å². The fourth-order valence-corrected chi connectivity index (χ4v) is 3.83. The number of carbonyl (C=O) groups excluding carboxylic acids is 2. The maximum absolute atomic E-state index is 12.8. The second kappa shape index (κ2) is 8.43. The summed E-state index contributed by atoms with van der Waals surface area (Å²) in [5, 5.41) is 2.93. The summed E-state index contributed by atoms with van der Waals surface area (Å²) < 4.78 is 1.91.